The third kappa shape index (κ3) is 3.38. The number of thiophene rings is 1. The highest BCUT2D eigenvalue weighted by atomic mass is 32.2. The number of fused-ring (bicyclic) bond motifs is 3. The van der Waals surface area contributed by atoms with Crippen molar-refractivity contribution in [1.29, 1.82) is 0 Å². The van der Waals surface area contributed by atoms with E-state index in [1.54, 1.807) is 0 Å². The van der Waals surface area contributed by atoms with Crippen LogP contribution in [-0.2, 0) is 24.1 Å². The number of aromatic nitrogens is 5. The Kier molecular flexibility index (Phi) is 4.95. The highest BCUT2D eigenvalue weighted by Gasteiger charge is 2.24. The number of morpholine rings is 1. The Labute approximate surface area is 171 Å². The highest BCUT2D eigenvalue weighted by molar-refractivity contribution is 7.99. The number of rotatable bonds is 4. The van der Waals surface area contributed by atoms with Gasteiger partial charge in [0.25, 0.3) is 0 Å². The van der Waals surface area contributed by atoms with Gasteiger partial charge in [-0.3, -0.25) is 4.90 Å². The van der Waals surface area contributed by atoms with Crippen LogP contribution in [0.3, 0.4) is 0 Å². The molecule has 1 aliphatic carbocycles. The van der Waals surface area contributed by atoms with Gasteiger partial charge in [-0.25, -0.2) is 14.6 Å². The zero-order valence-electron chi connectivity index (χ0n) is 15.8. The maximum atomic E-state index is 6.10. The lowest BCUT2D eigenvalue weighted by atomic mass is 9.97. The SMILES string of the molecule is Cc1nnc(Sc2nc(CN3CCOCC3)nc3sc4c(c23)CCCC4)n1N. The van der Waals surface area contributed by atoms with Gasteiger partial charge in [-0.2, -0.15) is 0 Å². The molecule has 28 heavy (non-hydrogen) atoms. The van der Waals surface area contributed by atoms with Crippen molar-refractivity contribution < 1.29 is 4.74 Å². The first-order valence-electron chi connectivity index (χ1n) is 9.65. The summed E-state index contributed by atoms with van der Waals surface area (Å²) in [6.07, 6.45) is 4.73. The second-order valence-electron chi connectivity index (χ2n) is 7.23. The molecule has 10 heteroatoms. The van der Waals surface area contributed by atoms with Crippen LogP contribution in [0.15, 0.2) is 10.2 Å². The smallest absolute Gasteiger partial charge is 0.216 e. The predicted molar refractivity (Wildman–Crippen MR) is 109 cm³/mol. The summed E-state index contributed by atoms with van der Waals surface area (Å²) in [6, 6.07) is 0. The van der Waals surface area contributed by atoms with Crippen molar-refractivity contribution in [2.45, 2.75) is 49.3 Å². The minimum atomic E-state index is 0.658. The molecule has 3 aromatic rings. The first-order chi connectivity index (χ1) is 13.7. The summed E-state index contributed by atoms with van der Waals surface area (Å²) in [6.45, 7) is 5.97. The van der Waals surface area contributed by atoms with Gasteiger partial charge in [0.15, 0.2) is 0 Å². The lowest BCUT2D eigenvalue weighted by Crippen LogP contribution is -2.36. The second-order valence-corrected chi connectivity index (χ2v) is 9.27. The number of nitrogens with zero attached hydrogens (tertiary/aromatic N) is 6. The lowest BCUT2D eigenvalue weighted by molar-refractivity contribution is 0.0330. The van der Waals surface area contributed by atoms with Crippen molar-refractivity contribution >= 4 is 33.3 Å². The van der Waals surface area contributed by atoms with E-state index in [-0.39, 0.29) is 0 Å². The van der Waals surface area contributed by atoms with Crippen molar-refractivity contribution in [3.63, 3.8) is 0 Å². The largest absolute Gasteiger partial charge is 0.379 e. The van der Waals surface area contributed by atoms with E-state index >= 15 is 0 Å². The highest BCUT2D eigenvalue weighted by Crippen LogP contribution is 2.41. The minimum Gasteiger partial charge on any atom is -0.379 e. The molecule has 0 bridgehead atoms. The molecule has 1 fully saturated rings. The van der Waals surface area contributed by atoms with Crippen LogP contribution in [0.25, 0.3) is 10.2 Å². The van der Waals surface area contributed by atoms with Crippen LogP contribution in [0.1, 0.15) is 34.9 Å². The van der Waals surface area contributed by atoms with Gasteiger partial charge in [0.1, 0.15) is 21.5 Å². The molecule has 0 aromatic carbocycles. The Bertz CT molecular complexity index is 1010. The molecular weight excluding hydrogens is 394 g/mol. The van der Waals surface area contributed by atoms with Gasteiger partial charge >= 0.3 is 0 Å². The number of aryl methyl sites for hydroxylation is 3. The van der Waals surface area contributed by atoms with Crippen LogP contribution in [0, 0.1) is 6.92 Å². The number of ether oxygens (including phenoxy) is 1. The molecule has 1 aliphatic heterocycles. The van der Waals surface area contributed by atoms with E-state index in [2.05, 4.69) is 15.1 Å². The molecule has 0 atom stereocenters. The average molecular weight is 418 g/mol. The summed E-state index contributed by atoms with van der Waals surface area (Å²) < 4.78 is 6.99. The van der Waals surface area contributed by atoms with Crippen LogP contribution >= 0.6 is 23.1 Å². The first kappa shape index (κ1) is 18.3. The molecule has 2 N–H and O–H groups in total. The average Bonchev–Trinajstić information content (AvgIpc) is 3.23. The summed E-state index contributed by atoms with van der Waals surface area (Å²) in [5.41, 5.74) is 1.42. The van der Waals surface area contributed by atoms with Gasteiger partial charge in [-0.1, -0.05) is 0 Å². The van der Waals surface area contributed by atoms with Gasteiger partial charge in [-0.15, -0.1) is 21.5 Å². The Balaban J connectivity index is 1.57. The molecule has 8 nitrogen and oxygen atoms in total. The maximum absolute atomic E-state index is 6.10. The van der Waals surface area contributed by atoms with E-state index in [9.17, 15) is 0 Å². The van der Waals surface area contributed by atoms with Gasteiger partial charge in [0.05, 0.1) is 19.8 Å². The molecule has 0 spiro atoms. The van der Waals surface area contributed by atoms with Crippen molar-refractivity contribution in [3.05, 3.63) is 22.1 Å². The third-order valence-electron chi connectivity index (χ3n) is 5.32. The van der Waals surface area contributed by atoms with Gasteiger partial charge in [0.2, 0.25) is 5.16 Å². The molecule has 1 saturated heterocycles. The molecule has 4 heterocycles. The zero-order valence-corrected chi connectivity index (χ0v) is 17.5. The molecular formula is C18H23N7OS2. The fraction of sp³-hybridized carbons (Fsp3) is 0.556. The Morgan fingerprint density at radius 1 is 1.14 bits per heavy atom. The van der Waals surface area contributed by atoms with Gasteiger partial charge < -0.3 is 10.6 Å². The minimum absolute atomic E-state index is 0.658. The topological polar surface area (TPSA) is 95.0 Å². The second kappa shape index (κ2) is 7.58. The van der Waals surface area contributed by atoms with Gasteiger partial charge in [0, 0.05) is 23.4 Å². The van der Waals surface area contributed by atoms with Crippen molar-refractivity contribution in [2.75, 3.05) is 32.1 Å². The molecule has 0 radical (unpaired) electrons. The van der Waals surface area contributed by atoms with E-state index in [1.807, 2.05) is 18.3 Å². The molecule has 5 rings (SSSR count). The van der Waals surface area contributed by atoms with Crippen LogP contribution in [-0.4, -0.2) is 56.0 Å². The van der Waals surface area contributed by atoms with E-state index in [4.69, 9.17) is 20.5 Å². The van der Waals surface area contributed by atoms with E-state index in [1.165, 1.54) is 45.1 Å². The Hall–Kier alpha value is -1.75. The molecule has 3 aromatic heterocycles. The third-order valence-corrected chi connectivity index (χ3v) is 7.45. The van der Waals surface area contributed by atoms with E-state index in [0.717, 1.165) is 61.4 Å². The summed E-state index contributed by atoms with van der Waals surface area (Å²) in [5, 5.41) is 11.1. The van der Waals surface area contributed by atoms with Crippen molar-refractivity contribution in [3.8, 4) is 0 Å². The maximum Gasteiger partial charge on any atom is 0.216 e. The standard InChI is InChI=1S/C18H23N7OS2/c1-11-22-23-18(25(11)19)28-17-15-12-4-2-3-5-13(12)27-16(15)20-14(21-17)10-24-6-8-26-9-7-24/h2-10,19H2,1H3. The predicted octanol–water partition coefficient (Wildman–Crippen LogP) is 2.17. The summed E-state index contributed by atoms with van der Waals surface area (Å²) in [5.74, 6) is 7.65. The fourth-order valence-electron chi connectivity index (χ4n) is 3.78. The normalized spacial score (nSPS) is 17.9. The van der Waals surface area contributed by atoms with E-state index in [0.29, 0.717) is 11.0 Å². The quantitative estimate of drug-likeness (QED) is 0.510. The molecule has 0 amide bonds. The van der Waals surface area contributed by atoms with Crippen LogP contribution in [0.5, 0.6) is 0 Å². The van der Waals surface area contributed by atoms with Crippen LogP contribution in [0.4, 0.5) is 0 Å². The fourth-order valence-corrected chi connectivity index (χ4v) is 6.08. The molecule has 2 aliphatic rings. The molecule has 0 unspecified atom stereocenters. The molecule has 148 valence electrons. The first-order valence-corrected chi connectivity index (χ1v) is 11.3. The van der Waals surface area contributed by atoms with Crippen LogP contribution < -0.4 is 5.84 Å². The lowest BCUT2D eigenvalue weighted by Gasteiger charge is -2.25. The zero-order chi connectivity index (χ0) is 19.1. The Morgan fingerprint density at radius 3 is 2.75 bits per heavy atom. The number of nitrogens with two attached hydrogens (primary N) is 1. The number of nitrogen functional groups attached to an aromatic ring is 1. The van der Waals surface area contributed by atoms with Crippen molar-refractivity contribution in [1.82, 2.24) is 29.7 Å². The molecule has 0 saturated carbocycles. The summed E-state index contributed by atoms with van der Waals surface area (Å²) >= 11 is 3.32. The van der Waals surface area contributed by atoms with Crippen molar-refractivity contribution in [2.24, 2.45) is 0 Å². The monoisotopic (exact) mass is 417 g/mol. The summed E-state index contributed by atoms with van der Waals surface area (Å²) in [4.78, 5) is 14.8. The number of hydrogen-bond donors (Lipinski definition) is 1. The van der Waals surface area contributed by atoms with Gasteiger partial charge in [-0.05, 0) is 49.9 Å². The Morgan fingerprint density at radius 2 is 1.96 bits per heavy atom. The number of hydrogen-bond acceptors (Lipinski definition) is 9. The van der Waals surface area contributed by atoms with E-state index < -0.39 is 0 Å². The summed E-state index contributed by atoms with van der Waals surface area (Å²) in [7, 11) is 0. The van der Waals surface area contributed by atoms with Crippen LogP contribution in [0.2, 0.25) is 0 Å².